The van der Waals surface area contributed by atoms with Gasteiger partial charge in [-0.05, 0) is 26.0 Å². The predicted octanol–water partition coefficient (Wildman–Crippen LogP) is 1.94. The number of aryl methyl sites for hydroxylation is 2. The van der Waals surface area contributed by atoms with Crippen LogP contribution in [0, 0.1) is 13.8 Å². The van der Waals surface area contributed by atoms with Crippen molar-refractivity contribution in [3.8, 4) is 0 Å². The number of aromatic carboxylic acids is 1. The van der Waals surface area contributed by atoms with E-state index < -0.39 is 5.97 Å². The molecular weight excluding hydrogens is 192 g/mol. The number of para-hydroxylation sites is 1. The van der Waals surface area contributed by atoms with Crippen LogP contribution in [-0.4, -0.2) is 21.0 Å². The third-order valence-corrected chi connectivity index (χ3v) is 2.34. The lowest BCUT2D eigenvalue weighted by atomic mass is 10.1. The number of hydrogen-bond acceptors (Lipinski definition) is 3. The topological polar surface area (TPSA) is 63.1 Å². The first-order chi connectivity index (χ1) is 7.09. The molecule has 0 unspecified atom stereocenters. The Balaban J connectivity index is 2.86. The second-order valence-electron chi connectivity index (χ2n) is 3.37. The SMILES string of the molecule is Cc1nc2cccc(C(=O)O)c2nc1C. The lowest BCUT2D eigenvalue weighted by Gasteiger charge is -2.04. The smallest absolute Gasteiger partial charge is 0.337 e. The lowest BCUT2D eigenvalue weighted by molar-refractivity contribution is 0.0699. The van der Waals surface area contributed by atoms with Crippen molar-refractivity contribution in [1.29, 1.82) is 0 Å². The van der Waals surface area contributed by atoms with Crippen LogP contribution >= 0.6 is 0 Å². The molecule has 1 aromatic heterocycles. The third kappa shape index (κ3) is 1.54. The van der Waals surface area contributed by atoms with Gasteiger partial charge in [0.2, 0.25) is 0 Å². The van der Waals surface area contributed by atoms with Crippen LogP contribution in [0.1, 0.15) is 21.7 Å². The normalized spacial score (nSPS) is 10.5. The van der Waals surface area contributed by atoms with Gasteiger partial charge in [0.25, 0.3) is 0 Å². The number of nitrogens with zero attached hydrogens (tertiary/aromatic N) is 2. The van der Waals surface area contributed by atoms with E-state index in [1.165, 1.54) is 6.07 Å². The molecule has 15 heavy (non-hydrogen) atoms. The van der Waals surface area contributed by atoms with E-state index >= 15 is 0 Å². The first-order valence-electron chi connectivity index (χ1n) is 4.57. The monoisotopic (exact) mass is 202 g/mol. The number of aromatic nitrogens is 2. The van der Waals surface area contributed by atoms with Gasteiger partial charge in [-0.2, -0.15) is 0 Å². The molecule has 2 aromatic rings. The van der Waals surface area contributed by atoms with E-state index in [0.717, 1.165) is 11.4 Å². The zero-order valence-corrected chi connectivity index (χ0v) is 8.48. The van der Waals surface area contributed by atoms with Gasteiger partial charge in [-0.1, -0.05) is 6.07 Å². The number of carbonyl (C=O) groups is 1. The number of carboxylic acid groups (broad SMARTS) is 1. The Hall–Kier alpha value is -1.97. The van der Waals surface area contributed by atoms with Crippen LogP contribution < -0.4 is 0 Å². The standard InChI is InChI=1S/C11H10N2O2/c1-6-7(2)13-10-8(11(14)15)4-3-5-9(10)12-6/h3-5H,1-2H3,(H,14,15). The van der Waals surface area contributed by atoms with Crippen molar-refractivity contribution in [1.82, 2.24) is 9.97 Å². The second kappa shape index (κ2) is 3.31. The minimum Gasteiger partial charge on any atom is -0.478 e. The number of rotatable bonds is 1. The van der Waals surface area contributed by atoms with E-state index in [0.29, 0.717) is 11.0 Å². The average Bonchev–Trinajstić information content (AvgIpc) is 2.18. The molecule has 1 N–H and O–H groups in total. The molecule has 76 valence electrons. The summed E-state index contributed by atoms with van der Waals surface area (Å²) in [6.07, 6.45) is 0. The van der Waals surface area contributed by atoms with Gasteiger partial charge >= 0.3 is 5.97 Å². The number of fused-ring (bicyclic) bond motifs is 1. The van der Waals surface area contributed by atoms with Gasteiger partial charge in [-0.25, -0.2) is 14.8 Å². The highest BCUT2D eigenvalue weighted by molar-refractivity contribution is 6.00. The number of benzene rings is 1. The van der Waals surface area contributed by atoms with E-state index in [2.05, 4.69) is 9.97 Å². The van der Waals surface area contributed by atoms with Gasteiger partial charge in [-0.15, -0.1) is 0 Å². The molecule has 2 rings (SSSR count). The fourth-order valence-electron chi connectivity index (χ4n) is 1.42. The van der Waals surface area contributed by atoms with Gasteiger partial charge in [0.15, 0.2) is 0 Å². The van der Waals surface area contributed by atoms with Gasteiger partial charge < -0.3 is 5.11 Å². The second-order valence-corrected chi connectivity index (χ2v) is 3.37. The molecular formula is C11H10N2O2. The molecule has 0 aliphatic heterocycles. The molecule has 0 spiro atoms. The summed E-state index contributed by atoms with van der Waals surface area (Å²) in [5.41, 5.74) is 2.86. The molecule has 0 bridgehead atoms. The largest absolute Gasteiger partial charge is 0.478 e. The van der Waals surface area contributed by atoms with Gasteiger partial charge in [-0.3, -0.25) is 0 Å². The van der Waals surface area contributed by atoms with Crippen molar-refractivity contribution in [2.24, 2.45) is 0 Å². The van der Waals surface area contributed by atoms with Crippen LogP contribution in [0.25, 0.3) is 11.0 Å². The van der Waals surface area contributed by atoms with E-state index in [1.807, 2.05) is 13.8 Å². The van der Waals surface area contributed by atoms with Crippen LogP contribution in [0.3, 0.4) is 0 Å². The first kappa shape index (κ1) is 9.58. The van der Waals surface area contributed by atoms with Crippen molar-refractivity contribution in [2.75, 3.05) is 0 Å². The number of hydrogen-bond donors (Lipinski definition) is 1. The maximum absolute atomic E-state index is 10.9. The molecule has 0 fully saturated rings. The summed E-state index contributed by atoms with van der Waals surface area (Å²) in [6, 6.07) is 4.98. The van der Waals surface area contributed by atoms with Gasteiger partial charge in [0.1, 0.15) is 5.52 Å². The van der Waals surface area contributed by atoms with Crippen molar-refractivity contribution >= 4 is 17.0 Å². The highest BCUT2D eigenvalue weighted by Gasteiger charge is 2.10. The van der Waals surface area contributed by atoms with Crippen LogP contribution in [0.2, 0.25) is 0 Å². The summed E-state index contributed by atoms with van der Waals surface area (Å²) in [5.74, 6) is -0.974. The van der Waals surface area contributed by atoms with Crippen molar-refractivity contribution < 1.29 is 9.90 Å². The Labute approximate surface area is 86.6 Å². The molecule has 0 radical (unpaired) electrons. The highest BCUT2D eigenvalue weighted by Crippen LogP contribution is 2.16. The maximum atomic E-state index is 10.9. The van der Waals surface area contributed by atoms with E-state index in [4.69, 9.17) is 5.11 Å². The highest BCUT2D eigenvalue weighted by atomic mass is 16.4. The van der Waals surface area contributed by atoms with E-state index in [9.17, 15) is 4.79 Å². The molecule has 0 atom stereocenters. The summed E-state index contributed by atoms with van der Waals surface area (Å²) in [4.78, 5) is 19.5. The summed E-state index contributed by atoms with van der Waals surface area (Å²) >= 11 is 0. The Morgan fingerprint density at radius 1 is 1.20 bits per heavy atom. The summed E-state index contributed by atoms with van der Waals surface area (Å²) in [6.45, 7) is 3.68. The minimum atomic E-state index is -0.974. The Kier molecular flexibility index (Phi) is 2.11. The molecule has 1 aromatic carbocycles. The molecule has 0 saturated carbocycles. The van der Waals surface area contributed by atoms with E-state index in [-0.39, 0.29) is 5.56 Å². The lowest BCUT2D eigenvalue weighted by Crippen LogP contribution is -2.02. The van der Waals surface area contributed by atoms with Crippen LogP contribution in [0.5, 0.6) is 0 Å². The van der Waals surface area contributed by atoms with Crippen LogP contribution in [0.15, 0.2) is 18.2 Å². The van der Waals surface area contributed by atoms with Crippen molar-refractivity contribution in [3.05, 3.63) is 35.2 Å². The Morgan fingerprint density at radius 2 is 1.87 bits per heavy atom. The van der Waals surface area contributed by atoms with Gasteiger partial charge in [0, 0.05) is 0 Å². The first-order valence-corrected chi connectivity index (χ1v) is 4.57. The zero-order chi connectivity index (χ0) is 11.0. The molecule has 0 saturated heterocycles. The Morgan fingerprint density at radius 3 is 2.53 bits per heavy atom. The summed E-state index contributed by atoms with van der Waals surface area (Å²) in [7, 11) is 0. The maximum Gasteiger partial charge on any atom is 0.337 e. The predicted molar refractivity (Wildman–Crippen MR) is 56.0 cm³/mol. The molecule has 4 nitrogen and oxygen atoms in total. The van der Waals surface area contributed by atoms with Crippen molar-refractivity contribution in [2.45, 2.75) is 13.8 Å². The summed E-state index contributed by atoms with van der Waals surface area (Å²) in [5, 5.41) is 8.98. The quantitative estimate of drug-likeness (QED) is 0.767. The minimum absolute atomic E-state index is 0.197. The molecule has 0 aliphatic rings. The third-order valence-electron chi connectivity index (χ3n) is 2.34. The summed E-state index contributed by atoms with van der Waals surface area (Å²) < 4.78 is 0. The van der Waals surface area contributed by atoms with Crippen LogP contribution in [0.4, 0.5) is 0 Å². The molecule has 0 amide bonds. The molecule has 4 heteroatoms. The fourth-order valence-corrected chi connectivity index (χ4v) is 1.42. The van der Waals surface area contributed by atoms with Gasteiger partial charge in [0.05, 0.1) is 22.5 Å². The molecule has 1 heterocycles. The fraction of sp³-hybridized carbons (Fsp3) is 0.182. The zero-order valence-electron chi connectivity index (χ0n) is 8.48. The van der Waals surface area contributed by atoms with E-state index in [1.54, 1.807) is 12.1 Å². The number of carboxylic acids is 1. The van der Waals surface area contributed by atoms with Crippen molar-refractivity contribution in [3.63, 3.8) is 0 Å². The Bertz CT molecular complexity index is 550. The van der Waals surface area contributed by atoms with Crippen LogP contribution in [-0.2, 0) is 0 Å². The average molecular weight is 202 g/mol. The molecule has 0 aliphatic carbocycles.